The first-order valence-electron chi connectivity index (χ1n) is 12.2. The van der Waals surface area contributed by atoms with Gasteiger partial charge in [0, 0.05) is 19.0 Å². The Morgan fingerprint density at radius 2 is 1.50 bits per heavy atom. The van der Waals surface area contributed by atoms with Crippen LogP contribution in [0.5, 0.6) is 5.75 Å². The summed E-state index contributed by atoms with van der Waals surface area (Å²) < 4.78 is 6.24. The second-order valence-electron chi connectivity index (χ2n) is 10.2. The van der Waals surface area contributed by atoms with Crippen LogP contribution in [0.25, 0.3) is 0 Å². The smallest absolute Gasteiger partial charge is 0.259 e. The number of amides is 1. The maximum atomic E-state index is 13.7. The second-order valence-corrected chi connectivity index (χ2v) is 10.2. The summed E-state index contributed by atoms with van der Waals surface area (Å²) in [7, 11) is 0. The molecule has 1 atom stereocenters. The molecule has 2 aromatic carbocycles. The summed E-state index contributed by atoms with van der Waals surface area (Å²) in [6, 6.07) is 19.6. The van der Waals surface area contributed by atoms with Gasteiger partial charge in [-0.15, -0.1) is 0 Å². The molecule has 0 aromatic heterocycles. The molecule has 4 heteroatoms. The van der Waals surface area contributed by atoms with Crippen molar-refractivity contribution in [2.75, 3.05) is 13.1 Å². The van der Waals surface area contributed by atoms with Gasteiger partial charge in [-0.25, -0.2) is 0 Å². The molecule has 2 fully saturated rings. The number of likely N-dealkylation sites (tertiary alicyclic amines) is 1. The van der Waals surface area contributed by atoms with E-state index in [2.05, 4.69) is 13.8 Å². The second kappa shape index (κ2) is 9.66. The maximum absolute atomic E-state index is 13.7. The minimum atomic E-state index is -1.40. The highest BCUT2D eigenvalue weighted by Gasteiger charge is 2.48. The van der Waals surface area contributed by atoms with E-state index in [0.29, 0.717) is 19.0 Å². The Hall–Kier alpha value is -2.33. The zero-order chi connectivity index (χ0) is 22.6. The van der Waals surface area contributed by atoms with E-state index in [1.54, 1.807) is 0 Å². The van der Waals surface area contributed by atoms with Crippen molar-refractivity contribution in [2.45, 2.75) is 70.0 Å². The predicted molar refractivity (Wildman–Crippen MR) is 127 cm³/mol. The highest BCUT2D eigenvalue weighted by molar-refractivity contribution is 5.87. The zero-order valence-electron chi connectivity index (χ0n) is 19.5. The number of benzene rings is 2. The van der Waals surface area contributed by atoms with Gasteiger partial charge >= 0.3 is 0 Å². The molecule has 1 unspecified atom stereocenters. The summed E-state index contributed by atoms with van der Waals surface area (Å²) in [5, 5.41) is 11.8. The molecule has 1 aliphatic carbocycles. The molecule has 4 nitrogen and oxygen atoms in total. The lowest BCUT2D eigenvalue weighted by atomic mass is 9.78. The third-order valence-electron chi connectivity index (χ3n) is 7.31. The van der Waals surface area contributed by atoms with E-state index in [4.69, 9.17) is 4.74 Å². The fraction of sp³-hybridized carbons (Fsp3) is 0.536. The summed E-state index contributed by atoms with van der Waals surface area (Å²) in [5.74, 6) is 1.31. The molecule has 0 bridgehead atoms. The number of hydrogen-bond acceptors (Lipinski definition) is 3. The minimum absolute atomic E-state index is 0.00771. The maximum Gasteiger partial charge on any atom is 0.259 e. The summed E-state index contributed by atoms with van der Waals surface area (Å²) in [5.41, 5.74) is -0.913. The number of aliphatic hydroxyl groups is 1. The Morgan fingerprint density at radius 3 is 2.09 bits per heavy atom. The molecule has 2 aromatic rings. The molecule has 172 valence electrons. The minimum Gasteiger partial charge on any atom is -0.488 e. The number of carbonyl (C=O) groups excluding carboxylic acids is 1. The largest absolute Gasteiger partial charge is 0.488 e. The van der Waals surface area contributed by atoms with E-state index in [1.807, 2.05) is 65.6 Å². The van der Waals surface area contributed by atoms with Crippen molar-refractivity contribution < 1.29 is 14.6 Å². The molecule has 1 aliphatic heterocycles. The quantitative estimate of drug-likeness (QED) is 0.620. The van der Waals surface area contributed by atoms with Gasteiger partial charge in [-0.1, -0.05) is 61.4 Å². The molecule has 1 heterocycles. The molecule has 1 amide bonds. The van der Waals surface area contributed by atoms with Gasteiger partial charge in [0.05, 0.1) is 0 Å². The lowest BCUT2D eigenvalue weighted by molar-refractivity contribution is -0.161. The Bertz CT molecular complexity index is 868. The van der Waals surface area contributed by atoms with E-state index >= 15 is 0 Å². The van der Waals surface area contributed by atoms with E-state index in [1.165, 1.54) is 0 Å². The molecule has 1 N–H and O–H groups in total. The van der Waals surface area contributed by atoms with Gasteiger partial charge in [-0.3, -0.25) is 4.79 Å². The van der Waals surface area contributed by atoms with Crippen molar-refractivity contribution in [1.29, 1.82) is 0 Å². The van der Waals surface area contributed by atoms with Gasteiger partial charge in [0.1, 0.15) is 11.4 Å². The summed E-state index contributed by atoms with van der Waals surface area (Å²) >= 11 is 0. The predicted octanol–water partition coefficient (Wildman–Crippen LogP) is 5.55. The molecule has 4 rings (SSSR count). The van der Waals surface area contributed by atoms with Crippen LogP contribution in [0.4, 0.5) is 0 Å². The number of para-hydroxylation sites is 1. The van der Waals surface area contributed by atoms with E-state index in [0.717, 1.165) is 56.3 Å². The van der Waals surface area contributed by atoms with Crippen LogP contribution < -0.4 is 4.74 Å². The van der Waals surface area contributed by atoms with Crippen molar-refractivity contribution in [1.82, 2.24) is 4.90 Å². The van der Waals surface area contributed by atoms with Crippen molar-refractivity contribution in [3.05, 3.63) is 66.2 Å². The van der Waals surface area contributed by atoms with Gasteiger partial charge in [0.2, 0.25) is 0 Å². The van der Waals surface area contributed by atoms with Crippen molar-refractivity contribution in [2.24, 2.45) is 11.8 Å². The van der Waals surface area contributed by atoms with Gasteiger partial charge in [0.15, 0.2) is 5.60 Å². The number of carbonyl (C=O) groups is 1. The lowest BCUT2D eigenvalue weighted by Crippen LogP contribution is -2.53. The van der Waals surface area contributed by atoms with Crippen LogP contribution in [-0.4, -0.2) is 34.6 Å². The number of rotatable bonds is 7. The van der Waals surface area contributed by atoms with Crippen LogP contribution in [-0.2, 0) is 10.4 Å². The van der Waals surface area contributed by atoms with Crippen LogP contribution in [0.3, 0.4) is 0 Å². The third-order valence-corrected chi connectivity index (χ3v) is 7.31. The topological polar surface area (TPSA) is 49.8 Å². The first-order valence-corrected chi connectivity index (χ1v) is 12.2. The molecule has 2 aliphatic rings. The van der Waals surface area contributed by atoms with Crippen LogP contribution in [0.15, 0.2) is 60.7 Å². The van der Waals surface area contributed by atoms with Crippen LogP contribution in [0, 0.1) is 11.8 Å². The molecule has 1 saturated carbocycles. The van der Waals surface area contributed by atoms with Gasteiger partial charge in [-0.2, -0.15) is 0 Å². The molecular weight excluding hydrogens is 398 g/mol. The normalized spacial score (nSPS) is 20.2. The Morgan fingerprint density at radius 1 is 0.938 bits per heavy atom. The number of piperidine rings is 1. The zero-order valence-corrected chi connectivity index (χ0v) is 19.5. The molecular formula is C28H37NO3. The number of nitrogens with zero attached hydrogens (tertiary/aromatic N) is 1. The van der Waals surface area contributed by atoms with Crippen LogP contribution in [0.1, 0.15) is 64.4 Å². The highest BCUT2D eigenvalue weighted by atomic mass is 16.5. The number of ether oxygens (including phenoxy) is 1. The van der Waals surface area contributed by atoms with Gasteiger partial charge in [0.25, 0.3) is 5.91 Å². The van der Waals surface area contributed by atoms with E-state index < -0.39 is 5.60 Å². The molecule has 1 saturated heterocycles. The molecule has 0 radical (unpaired) electrons. The standard InChI is InChI=1S/C28H37NO3/c1-27(2,32-25-15-7-4-8-16-25)21-22-17-19-29(20-18-22)26(30)28(31,24-13-9-10-14-24)23-11-5-3-6-12-23/h3-8,11-12,15-16,22,24,31H,9-10,13-14,17-21H2,1-2H3. The van der Waals surface area contributed by atoms with Crippen molar-refractivity contribution >= 4 is 5.91 Å². The summed E-state index contributed by atoms with van der Waals surface area (Å²) in [6.07, 6.45) is 6.86. The Labute approximate surface area is 192 Å². The van der Waals surface area contributed by atoms with Gasteiger partial charge < -0.3 is 14.7 Å². The third kappa shape index (κ3) is 5.01. The SMILES string of the molecule is CC(C)(CC1CCN(C(=O)C(O)(c2ccccc2)C2CCCC2)CC1)Oc1ccccc1. The summed E-state index contributed by atoms with van der Waals surface area (Å²) in [6.45, 7) is 5.69. The average molecular weight is 436 g/mol. The van der Waals surface area contributed by atoms with E-state index in [9.17, 15) is 9.90 Å². The summed E-state index contributed by atoms with van der Waals surface area (Å²) in [4.78, 5) is 15.6. The Balaban J connectivity index is 1.40. The van der Waals surface area contributed by atoms with E-state index in [-0.39, 0.29) is 17.4 Å². The molecule has 32 heavy (non-hydrogen) atoms. The van der Waals surface area contributed by atoms with Gasteiger partial charge in [-0.05, 0) is 69.6 Å². The Kier molecular flexibility index (Phi) is 6.90. The first-order chi connectivity index (χ1) is 15.4. The fourth-order valence-corrected chi connectivity index (χ4v) is 5.70. The van der Waals surface area contributed by atoms with Crippen molar-refractivity contribution in [3.8, 4) is 5.75 Å². The van der Waals surface area contributed by atoms with Crippen LogP contribution >= 0.6 is 0 Å². The molecule has 0 spiro atoms. The average Bonchev–Trinajstić information content (AvgIpc) is 3.35. The van der Waals surface area contributed by atoms with Crippen molar-refractivity contribution in [3.63, 3.8) is 0 Å². The van der Waals surface area contributed by atoms with Crippen LogP contribution in [0.2, 0.25) is 0 Å². The highest BCUT2D eigenvalue weighted by Crippen LogP contribution is 2.42. The monoisotopic (exact) mass is 435 g/mol. The lowest BCUT2D eigenvalue weighted by Gasteiger charge is -2.41. The number of hydrogen-bond donors (Lipinski definition) is 1. The fourth-order valence-electron chi connectivity index (χ4n) is 5.70. The first kappa shape index (κ1) is 22.8.